The topological polar surface area (TPSA) is 56.8 Å². The second-order valence-electron chi connectivity index (χ2n) is 9.41. The van der Waals surface area contributed by atoms with Crippen LogP contribution in [0, 0.1) is 11.8 Å². The number of rotatable bonds is 4. The average Bonchev–Trinajstić information content (AvgIpc) is 3.02. The molecule has 0 aromatic carbocycles. The SMILES string of the molecule is O=C(c1ccccn1)N1CCC(N2C[C@@H]3CC[C@H](C2)N(CC2CCC2)C3=O)CC1. The van der Waals surface area contributed by atoms with E-state index in [9.17, 15) is 9.59 Å². The molecule has 1 saturated carbocycles. The van der Waals surface area contributed by atoms with E-state index in [1.807, 2.05) is 17.0 Å². The van der Waals surface area contributed by atoms with Gasteiger partial charge in [-0.1, -0.05) is 12.5 Å². The van der Waals surface area contributed by atoms with E-state index in [0.29, 0.717) is 23.7 Å². The van der Waals surface area contributed by atoms with E-state index in [1.165, 1.54) is 19.3 Å². The highest BCUT2D eigenvalue weighted by molar-refractivity contribution is 5.92. The Morgan fingerprint density at radius 3 is 2.52 bits per heavy atom. The van der Waals surface area contributed by atoms with Crippen molar-refractivity contribution in [3.8, 4) is 0 Å². The van der Waals surface area contributed by atoms with Crippen LogP contribution in [0.4, 0.5) is 0 Å². The molecular formula is C23H32N4O2. The van der Waals surface area contributed by atoms with Crippen LogP contribution in [0.3, 0.4) is 0 Å². The molecule has 2 amide bonds. The Balaban J connectivity index is 1.20. The van der Waals surface area contributed by atoms with E-state index >= 15 is 0 Å². The average molecular weight is 397 g/mol. The molecule has 5 aliphatic rings. The number of nitrogens with zero attached hydrogens (tertiary/aromatic N) is 4. The van der Waals surface area contributed by atoms with Crippen LogP contribution in [0.15, 0.2) is 24.4 Å². The van der Waals surface area contributed by atoms with Crippen LogP contribution in [-0.4, -0.2) is 76.3 Å². The summed E-state index contributed by atoms with van der Waals surface area (Å²) in [6.45, 7) is 4.49. The molecule has 5 heterocycles. The molecule has 1 aromatic rings. The van der Waals surface area contributed by atoms with Gasteiger partial charge in [-0.15, -0.1) is 0 Å². The lowest BCUT2D eigenvalue weighted by atomic mass is 9.83. The molecule has 1 aliphatic carbocycles. The third kappa shape index (κ3) is 3.79. The van der Waals surface area contributed by atoms with E-state index in [0.717, 1.165) is 64.3 Å². The number of fused-ring (bicyclic) bond motifs is 4. The first-order valence-corrected chi connectivity index (χ1v) is 11.4. The quantitative estimate of drug-likeness (QED) is 0.784. The van der Waals surface area contributed by atoms with Crippen molar-refractivity contribution in [3.05, 3.63) is 30.1 Å². The van der Waals surface area contributed by atoms with Crippen molar-refractivity contribution in [3.63, 3.8) is 0 Å². The fourth-order valence-electron chi connectivity index (χ4n) is 5.65. The van der Waals surface area contributed by atoms with Crippen molar-refractivity contribution >= 4 is 11.8 Å². The lowest BCUT2D eigenvalue weighted by Crippen LogP contribution is -2.51. The van der Waals surface area contributed by atoms with E-state index in [2.05, 4.69) is 14.8 Å². The fraction of sp³-hybridized carbons (Fsp3) is 0.696. The summed E-state index contributed by atoms with van der Waals surface area (Å²) in [4.78, 5) is 36.7. The Morgan fingerprint density at radius 1 is 1.00 bits per heavy atom. The number of aromatic nitrogens is 1. The first-order chi connectivity index (χ1) is 14.2. The Hall–Kier alpha value is -1.95. The molecular weight excluding hydrogens is 364 g/mol. The molecule has 2 bridgehead atoms. The van der Waals surface area contributed by atoms with Gasteiger partial charge in [-0.3, -0.25) is 19.5 Å². The van der Waals surface area contributed by atoms with Crippen LogP contribution >= 0.6 is 0 Å². The van der Waals surface area contributed by atoms with Crippen LogP contribution in [0.1, 0.15) is 55.4 Å². The predicted molar refractivity (Wildman–Crippen MR) is 110 cm³/mol. The second-order valence-corrected chi connectivity index (χ2v) is 9.41. The van der Waals surface area contributed by atoms with Gasteiger partial charge in [0.15, 0.2) is 0 Å². The molecule has 0 spiro atoms. The van der Waals surface area contributed by atoms with Crippen molar-refractivity contribution in [1.29, 1.82) is 0 Å². The van der Waals surface area contributed by atoms with Crippen molar-refractivity contribution in [2.45, 2.75) is 57.0 Å². The summed E-state index contributed by atoms with van der Waals surface area (Å²) in [6, 6.07) is 6.39. The van der Waals surface area contributed by atoms with E-state index in [-0.39, 0.29) is 11.8 Å². The van der Waals surface area contributed by atoms with Gasteiger partial charge in [0, 0.05) is 51.0 Å². The molecule has 29 heavy (non-hydrogen) atoms. The Morgan fingerprint density at radius 2 is 1.83 bits per heavy atom. The van der Waals surface area contributed by atoms with Gasteiger partial charge in [-0.05, 0) is 56.6 Å². The van der Waals surface area contributed by atoms with Gasteiger partial charge in [0.2, 0.25) is 5.91 Å². The summed E-state index contributed by atoms with van der Waals surface area (Å²) < 4.78 is 0. The zero-order chi connectivity index (χ0) is 19.8. The zero-order valence-electron chi connectivity index (χ0n) is 17.2. The van der Waals surface area contributed by atoms with Crippen LogP contribution in [0.25, 0.3) is 0 Å². The Kier molecular flexibility index (Phi) is 5.29. The van der Waals surface area contributed by atoms with Gasteiger partial charge in [0.25, 0.3) is 5.91 Å². The number of pyridine rings is 1. The van der Waals surface area contributed by atoms with Gasteiger partial charge < -0.3 is 9.80 Å². The number of carbonyl (C=O) groups excluding carboxylic acids is 2. The fourth-order valence-corrected chi connectivity index (χ4v) is 5.65. The normalized spacial score (nSPS) is 29.0. The highest BCUT2D eigenvalue weighted by Crippen LogP contribution is 2.35. The van der Waals surface area contributed by atoms with Crippen LogP contribution in [0.2, 0.25) is 0 Å². The molecule has 156 valence electrons. The van der Waals surface area contributed by atoms with Crippen molar-refractivity contribution in [2.24, 2.45) is 11.8 Å². The van der Waals surface area contributed by atoms with Gasteiger partial charge in [-0.2, -0.15) is 0 Å². The first-order valence-electron chi connectivity index (χ1n) is 11.4. The molecule has 6 heteroatoms. The summed E-state index contributed by atoms with van der Waals surface area (Å²) in [6.07, 6.45) is 9.82. The second kappa shape index (κ2) is 8.05. The number of hydrogen-bond donors (Lipinski definition) is 0. The highest BCUT2D eigenvalue weighted by Gasteiger charge is 2.43. The molecule has 4 aliphatic heterocycles. The van der Waals surface area contributed by atoms with Crippen LogP contribution in [-0.2, 0) is 4.79 Å². The standard InChI is InChI=1S/C23H32N4O2/c28-22-18-7-8-20(27(22)14-17-4-3-5-17)16-26(15-18)19-9-12-25(13-10-19)23(29)21-6-1-2-11-24-21/h1-2,6,11,17-20H,3-5,7-10,12-16H2/t18-,20+/m0/s1. The lowest BCUT2D eigenvalue weighted by molar-refractivity contribution is -0.141. The van der Waals surface area contributed by atoms with E-state index in [1.54, 1.807) is 12.3 Å². The number of piperidine rings is 2. The molecule has 0 N–H and O–H groups in total. The van der Waals surface area contributed by atoms with E-state index < -0.39 is 0 Å². The summed E-state index contributed by atoms with van der Waals surface area (Å²) in [5.41, 5.74) is 0.538. The number of amides is 2. The summed E-state index contributed by atoms with van der Waals surface area (Å²) in [5.74, 6) is 1.38. The molecule has 1 aromatic heterocycles. The summed E-state index contributed by atoms with van der Waals surface area (Å²) in [7, 11) is 0. The third-order valence-corrected chi connectivity index (χ3v) is 7.65. The van der Waals surface area contributed by atoms with Crippen LogP contribution in [0.5, 0.6) is 0 Å². The first kappa shape index (κ1) is 19.0. The minimum atomic E-state index is 0.0434. The smallest absolute Gasteiger partial charge is 0.272 e. The van der Waals surface area contributed by atoms with Crippen molar-refractivity contribution < 1.29 is 9.59 Å². The van der Waals surface area contributed by atoms with Gasteiger partial charge in [-0.25, -0.2) is 0 Å². The maximum atomic E-state index is 13.0. The van der Waals surface area contributed by atoms with Crippen molar-refractivity contribution in [1.82, 2.24) is 19.7 Å². The van der Waals surface area contributed by atoms with Crippen LogP contribution < -0.4 is 0 Å². The molecule has 0 unspecified atom stereocenters. The largest absolute Gasteiger partial charge is 0.338 e. The number of carbonyl (C=O) groups is 2. The van der Waals surface area contributed by atoms with Gasteiger partial charge in [0.05, 0.1) is 5.92 Å². The minimum absolute atomic E-state index is 0.0434. The molecule has 6 nitrogen and oxygen atoms in total. The zero-order valence-corrected chi connectivity index (χ0v) is 17.2. The third-order valence-electron chi connectivity index (χ3n) is 7.65. The Labute approximate surface area is 173 Å². The minimum Gasteiger partial charge on any atom is -0.338 e. The molecule has 0 radical (unpaired) electrons. The van der Waals surface area contributed by atoms with E-state index in [4.69, 9.17) is 0 Å². The number of likely N-dealkylation sites (tertiary alicyclic amines) is 1. The molecule has 4 saturated heterocycles. The molecule has 2 atom stereocenters. The van der Waals surface area contributed by atoms with Gasteiger partial charge >= 0.3 is 0 Å². The predicted octanol–water partition coefficient (Wildman–Crippen LogP) is 2.41. The Bertz CT molecular complexity index is 743. The number of hydrogen-bond acceptors (Lipinski definition) is 4. The summed E-state index contributed by atoms with van der Waals surface area (Å²) in [5, 5.41) is 0. The maximum absolute atomic E-state index is 13.0. The summed E-state index contributed by atoms with van der Waals surface area (Å²) >= 11 is 0. The molecule has 6 rings (SSSR count). The molecule has 5 fully saturated rings. The van der Waals surface area contributed by atoms with Crippen molar-refractivity contribution in [2.75, 3.05) is 32.7 Å². The highest BCUT2D eigenvalue weighted by atomic mass is 16.2. The maximum Gasteiger partial charge on any atom is 0.272 e. The monoisotopic (exact) mass is 396 g/mol. The van der Waals surface area contributed by atoms with Gasteiger partial charge in [0.1, 0.15) is 5.69 Å². The lowest BCUT2D eigenvalue weighted by Gasteiger charge is -2.41.